The summed E-state index contributed by atoms with van der Waals surface area (Å²) >= 11 is 0. The minimum Gasteiger partial charge on any atom is -0.498 e. The molecule has 2 heteroatoms. The Morgan fingerprint density at radius 2 is 2.13 bits per heavy atom. The summed E-state index contributed by atoms with van der Waals surface area (Å²) in [6, 6.07) is 6.74. The Morgan fingerprint density at radius 3 is 2.91 bits per heavy atom. The van der Waals surface area contributed by atoms with Crippen molar-refractivity contribution >= 4 is 0 Å². The predicted octanol–water partition coefficient (Wildman–Crippen LogP) is 5.08. The minimum absolute atomic E-state index is 0.279. The topological polar surface area (TPSA) is 18.5 Å². The summed E-state index contributed by atoms with van der Waals surface area (Å²) in [7, 11) is 1.76. The van der Waals surface area contributed by atoms with Crippen LogP contribution in [0.5, 0.6) is 5.75 Å². The van der Waals surface area contributed by atoms with Crippen LogP contribution in [0.2, 0.25) is 0 Å². The number of rotatable bonds is 3. The van der Waals surface area contributed by atoms with Gasteiger partial charge in [-0.2, -0.15) is 0 Å². The van der Waals surface area contributed by atoms with Gasteiger partial charge in [0.25, 0.3) is 0 Å². The van der Waals surface area contributed by atoms with Crippen LogP contribution in [0.4, 0.5) is 0 Å². The number of methoxy groups -OCH3 is 1. The smallest absolute Gasteiger partial charge is 0.119 e. The van der Waals surface area contributed by atoms with E-state index < -0.39 is 0 Å². The van der Waals surface area contributed by atoms with Gasteiger partial charge in [-0.25, -0.2) is 0 Å². The van der Waals surface area contributed by atoms with Gasteiger partial charge in [-0.15, -0.1) is 0 Å². The molecule has 4 atom stereocenters. The zero-order chi connectivity index (χ0) is 16.0. The third-order valence-electron chi connectivity index (χ3n) is 6.74. The number of aryl methyl sites for hydroxylation is 1. The van der Waals surface area contributed by atoms with Crippen LogP contribution in [0.25, 0.3) is 0 Å². The molecule has 0 radical (unpaired) electrons. The van der Waals surface area contributed by atoms with Gasteiger partial charge in [0.05, 0.1) is 19.5 Å². The Kier molecular flexibility index (Phi) is 3.66. The standard InChI is InChI=1S/C21H28O2/c1-4-23-20-10-9-19-18-7-5-14-13-15(22-3)6-8-16(14)17(18)11-12-21(19,20)2/h6,8,10,13,17-19H,4-5,7,9,11-12H2,1-3H3/t17-,18-,19+,21+/m1/s1. The maximum Gasteiger partial charge on any atom is 0.119 e. The highest BCUT2D eigenvalue weighted by molar-refractivity contribution is 5.41. The fourth-order valence-electron chi connectivity index (χ4n) is 5.59. The molecule has 0 saturated heterocycles. The van der Waals surface area contributed by atoms with Crippen LogP contribution in [0.1, 0.15) is 56.6 Å². The molecule has 3 aliphatic rings. The van der Waals surface area contributed by atoms with Gasteiger partial charge in [0.2, 0.25) is 0 Å². The zero-order valence-electron chi connectivity index (χ0n) is 14.6. The Labute approximate surface area is 139 Å². The predicted molar refractivity (Wildman–Crippen MR) is 92.7 cm³/mol. The van der Waals surface area contributed by atoms with Crippen LogP contribution in [0, 0.1) is 17.3 Å². The molecule has 124 valence electrons. The summed E-state index contributed by atoms with van der Waals surface area (Å²) in [5.41, 5.74) is 3.39. The summed E-state index contributed by atoms with van der Waals surface area (Å²) in [6.45, 7) is 5.35. The first-order chi connectivity index (χ1) is 11.2. The quantitative estimate of drug-likeness (QED) is 0.774. The lowest BCUT2D eigenvalue weighted by Crippen LogP contribution is -2.41. The van der Waals surface area contributed by atoms with Crippen LogP contribution < -0.4 is 4.74 Å². The third kappa shape index (κ3) is 2.21. The van der Waals surface area contributed by atoms with Gasteiger partial charge >= 0.3 is 0 Å². The first-order valence-corrected chi connectivity index (χ1v) is 9.17. The van der Waals surface area contributed by atoms with Crippen molar-refractivity contribution < 1.29 is 9.47 Å². The highest BCUT2D eigenvalue weighted by atomic mass is 16.5. The van der Waals surface area contributed by atoms with Crippen molar-refractivity contribution in [2.45, 2.75) is 51.9 Å². The lowest BCUT2D eigenvalue weighted by Gasteiger charge is -2.49. The van der Waals surface area contributed by atoms with E-state index in [1.807, 2.05) is 0 Å². The lowest BCUT2D eigenvalue weighted by atomic mass is 9.55. The number of hydrogen-bond acceptors (Lipinski definition) is 2. The van der Waals surface area contributed by atoms with Gasteiger partial charge in [-0.1, -0.05) is 13.0 Å². The van der Waals surface area contributed by atoms with E-state index in [1.165, 1.54) is 43.4 Å². The highest BCUT2D eigenvalue weighted by Crippen LogP contribution is 2.61. The molecule has 0 amide bonds. The molecule has 0 N–H and O–H groups in total. The van der Waals surface area contributed by atoms with Crippen LogP contribution >= 0.6 is 0 Å². The molecule has 0 aliphatic heterocycles. The van der Waals surface area contributed by atoms with Crippen molar-refractivity contribution in [2.75, 3.05) is 13.7 Å². The molecular formula is C21H28O2. The molecule has 1 saturated carbocycles. The third-order valence-corrected chi connectivity index (χ3v) is 6.74. The summed E-state index contributed by atoms with van der Waals surface area (Å²) in [4.78, 5) is 0. The van der Waals surface area contributed by atoms with E-state index in [0.717, 1.165) is 30.1 Å². The molecule has 1 aromatic rings. The molecule has 0 aromatic heterocycles. The summed E-state index contributed by atoms with van der Waals surface area (Å²) in [5, 5.41) is 0. The first kappa shape index (κ1) is 15.1. The second-order valence-electron chi connectivity index (χ2n) is 7.67. The van der Waals surface area contributed by atoms with E-state index in [2.05, 4.69) is 38.1 Å². The van der Waals surface area contributed by atoms with E-state index in [9.17, 15) is 0 Å². The highest BCUT2D eigenvalue weighted by Gasteiger charge is 2.52. The average molecular weight is 312 g/mol. The van der Waals surface area contributed by atoms with E-state index in [-0.39, 0.29) is 5.41 Å². The van der Waals surface area contributed by atoms with Crippen molar-refractivity contribution in [1.29, 1.82) is 0 Å². The van der Waals surface area contributed by atoms with Gasteiger partial charge in [0.1, 0.15) is 5.75 Å². The summed E-state index contributed by atoms with van der Waals surface area (Å²) in [5.74, 6) is 4.59. The Bertz CT molecular complexity index is 633. The molecule has 4 rings (SSSR count). The number of allylic oxidation sites excluding steroid dienone is 2. The van der Waals surface area contributed by atoms with Crippen molar-refractivity contribution in [3.8, 4) is 5.75 Å². The first-order valence-electron chi connectivity index (χ1n) is 9.17. The monoisotopic (exact) mass is 312 g/mol. The summed E-state index contributed by atoms with van der Waals surface area (Å²) < 4.78 is 11.4. The maximum atomic E-state index is 6.00. The largest absolute Gasteiger partial charge is 0.498 e. The average Bonchev–Trinajstić information content (AvgIpc) is 2.91. The SMILES string of the molecule is CCOC1=CC[C@H]2[C@@H]3CCc4cc(OC)ccc4[C@H]3CC[C@]12C. The van der Waals surface area contributed by atoms with Gasteiger partial charge in [0.15, 0.2) is 0 Å². The fourth-order valence-corrected chi connectivity index (χ4v) is 5.59. The number of ether oxygens (including phenoxy) is 2. The minimum atomic E-state index is 0.279. The Morgan fingerprint density at radius 1 is 1.26 bits per heavy atom. The fraction of sp³-hybridized carbons (Fsp3) is 0.619. The van der Waals surface area contributed by atoms with Gasteiger partial charge < -0.3 is 9.47 Å². The Balaban J connectivity index is 1.63. The molecule has 0 heterocycles. The molecule has 1 aromatic carbocycles. The van der Waals surface area contributed by atoms with Crippen LogP contribution in [0.15, 0.2) is 30.0 Å². The van der Waals surface area contributed by atoms with Crippen molar-refractivity contribution in [3.63, 3.8) is 0 Å². The van der Waals surface area contributed by atoms with E-state index in [0.29, 0.717) is 0 Å². The van der Waals surface area contributed by atoms with Gasteiger partial charge in [-0.3, -0.25) is 0 Å². The van der Waals surface area contributed by atoms with Crippen molar-refractivity contribution in [1.82, 2.24) is 0 Å². The second kappa shape index (κ2) is 5.58. The van der Waals surface area contributed by atoms with Crippen LogP contribution in [-0.4, -0.2) is 13.7 Å². The molecule has 1 fully saturated rings. The van der Waals surface area contributed by atoms with Crippen LogP contribution in [0.3, 0.4) is 0 Å². The van der Waals surface area contributed by atoms with E-state index in [4.69, 9.17) is 9.47 Å². The maximum absolute atomic E-state index is 6.00. The molecule has 2 nitrogen and oxygen atoms in total. The van der Waals surface area contributed by atoms with Gasteiger partial charge in [0, 0.05) is 5.41 Å². The van der Waals surface area contributed by atoms with Gasteiger partial charge in [-0.05, 0) is 86.1 Å². The molecular weight excluding hydrogens is 284 g/mol. The number of fused-ring (bicyclic) bond motifs is 5. The number of hydrogen-bond donors (Lipinski definition) is 0. The normalized spacial score (nSPS) is 34.9. The number of benzene rings is 1. The molecule has 3 aliphatic carbocycles. The van der Waals surface area contributed by atoms with E-state index in [1.54, 1.807) is 12.7 Å². The molecule has 0 bridgehead atoms. The molecule has 0 unspecified atom stereocenters. The second-order valence-corrected chi connectivity index (χ2v) is 7.67. The molecule has 0 spiro atoms. The Hall–Kier alpha value is -1.44. The van der Waals surface area contributed by atoms with Crippen molar-refractivity contribution in [2.24, 2.45) is 17.3 Å². The van der Waals surface area contributed by atoms with E-state index >= 15 is 0 Å². The zero-order valence-corrected chi connectivity index (χ0v) is 14.6. The van der Waals surface area contributed by atoms with Crippen molar-refractivity contribution in [3.05, 3.63) is 41.2 Å². The lowest BCUT2D eigenvalue weighted by molar-refractivity contribution is 0.0295. The molecule has 23 heavy (non-hydrogen) atoms. The van der Waals surface area contributed by atoms with Crippen LogP contribution in [-0.2, 0) is 11.2 Å². The summed E-state index contributed by atoms with van der Waals surface area (Å²) in [6.07, 6.45) is 8.67.